The van der Waals surface area contributed by atoms with Gasteiger partial charge in [0.05, 0.1) is 6.10 Å². The minimum Gasteiger partial charge on any atom is -0.298 e. The molecule has 0 radical (unpaired) electrons. The lowest BCUT2D eigenvalue weighted by Gasteiger charge is -2.14. The molecule has 0 amide bonds. The molecule has 0 aromatic heterocycles. The second-order valence-electron chi connectivity index (χ2n) is 3.38. The van der Waals surface area contributed by atoms with E-state index in [4.69, 9.17) is 4.84 Å². The number of hydroxylamine groups is 1. The Morgan fingerprint density at radius 3 is 2.50 bits per heavy atom. The highest BCUT2D eigenvalue weighted by molar-refractivity contribution is 4.77. The molecule has 1 saturated heterocycles. The van der Waals surface area contributed by atoms with Gasteiger partial charge in [-0.05, 0) is 25.2 Å². The Hall–Kier alpha value is -0.0800. The fraction of sp³-hybridized carbons (Fsp3) is 1.00. The molecule has 2 nitrogen and oxygen atoms in total. The van der Waals surface area contributed by atoms with Crippen LogP contribution in [-0.2, 0) is 4.84 Å². The van der Waals surface area contributed by atoms with Gasteiger partial charge >= 0.3 is 0 Å². The van der Waals surface area contributed by atoms with Crippen LogP contribution in [0.4, 0.5) is 0 Å². The normalized spacial score (nSPS) is 35.4. The highest BCUT2D eigenvalue weighted by Crippen LogP contribution is 2.31. The van der Waals surface area contributed by atoms with Gasteiger partial charge in [-0.25, -0.2) is 5.48 Å². The molecule has 0 spiro atoms. The summed E-state index contributed by atoms with van der Waals surface area (Å²) in [5, 5.41) is 0. The van der Waals surface area contributed by atoms with Crippen molar-refractivity contribution in [2.45, 2.75) is 38.2 Å². The first-order valence-electron chi connectivity index (χ1n) is 4.35. The predicted molar refractivity (Wildman–Crippen MR) is 39.5 cm³/mol. The summed E-state index contributed by atoms with van der Waals surface area (Å²) in [6.07, 6.45) is 7.40. The standard InChI is InChI=1S/C8H15NO/c1-2-4-7(3-1)8-5-6-9-10-8/h7-9H,1-6H2. The van der Waals surface area contributed by atoms with Gasteiger partial charge in [0.25, 0.3) is 0 Å². The fourth-order valence-corrected chi connectivity index (χ4v) is 2.09. The Morgan fingerprint density at radius 1 is 1.10 bits per heavy atom. The SMILES string of the molecule is C1CCC(C2CCNO2)C1. The third kappa shape index (κ3) is 1.18. The number of hydrogen-bond donors (Lipinski definition) is 1. The molecule has 1 saturated carbocycles. The van der Waals surface area contributed by atoms with Crippen molar-refractivity contribution in [3.63, 3.8) is 0 Å². The van der Waals surface area contributed by atoms with Crippen LogP contribution < -0.4 is 5.48 Å². The van der Waals surface area contributed by atoms with Gasteiger partial charge in [-0.3, -0.25) is 4.84 Å². The Kier molecular flexibility index (Phi) is 1.91. The summed E-state index contributed by atoms with van der Waals surface area (Å²) in [6, 6.07) is 0. The molecule has 10 heavy (non-hydrogen) atoms. The van der Waals surface area contributed by atoms with Crippen LogP contribution >= 0.6 is 0 Å². The van der Waals surface area contributed by atoms with E-state index in [0.29, 0.717) is 6.10 Å². The largest absolute Gasteiger partial charge is 0.298 e. The highest BCUT2D eigenvalue weighted by atomic mass is 16.7. The van der Waals surface area contributed by atoms with Crippen LogP contribution in [0.1, 0.15) is 32.1 Å². The van der Waals surface area contributed by atoms with Crippen molar-refractivity contribution >= 4 is 0 Å². The maximum atomic E-state index is 5.39. The minimum atomic E-state index is 0.544. The Labute approximate surface area is 61.9 Å². The molecular weight excluding hydrogens is 126 g/mol. The van der Waals surface area contributed by atoms with Crippen molar-refractivity contribution in [1.29, 1.82) is 0 Å². The molecule has 2 heteroatoms. The van der Waals surface area contributed by atoms with E-state index in [1.807, 2.05) is 0 Å². The number of hydrogen-bond acceptors (Lipinski definition) is 2. The molecule has 1 N–H and O–H groups in total. The molecule has 0 aromatic rings. The Morgan fingerprint density at radius 2 is 1.90 bits per heavy atom. The van der Waals surface area contributed by atoms with E-state index in [1.54, 1.807) is 0 Å². The highest BCUT2D eigenvalue weighted by Gasteiger charge is 2.28. The molecule has 58 valence electrons. The Bertz CT molecular complexity index is 89.8. The van der Waals surface area contributed by atoms with Gasteiger partial charge in [0.2, 0.25) is 0 Å². The van der Waals surface area contributed by atoms with Crippen LogP contribution in [-0.4, -0.2) is 12.6 Å². The summed E-state index contributed by atoms with van der Waals surface area (Å²) >= 11 is 0. The van der Waals surface area contributed by atoms with Gasteiger partial charge in [0.1, 0.15) is 0 Å². The zero-order chi connectivity index (χ0) is 6.81. The zero-order valence-corrected chi connectivity index (χ0v) is 6.31. The van der Waals surface area contributed by atoms with E-state index in [1.165, 1.54) is 32.1 Å². The summed E-state index contributed by atoms with van der Waals surface area (Å²) < 4.78 is 0. The van der Waals surface area contributed by atoms with Crippen LogP contribution in [0.15, 0.2) is 0 Å². The quantitative estimate of drug-likeness (QED) is 0.597. The van der Waals surface area contributed by atoms with Crippen LogP contribution in [0.25, 0.3) is 0 Å². The van der Waals surface area contributed by atoms with Crippen molar-refractivity contribution < 1.29 is 4.84 Å². The molecule has 1 unspecified atom stereocenters. The lowest BCUT2D eigenvalue weighted by atomic mass is 9.99. The van der Waals surface area contributed by atoms with Crippen LogP contribution in [0.2, 0.25) is 0 Å². The summed E-state index contributed by atoms with van der Waals surface area (Å²) in [5.41, 5.74) is 2.95. The third-order valence-corrected chi connectivity index (χ3v) is 2.69. The zero-order valence-electron chi connectivity index (χ0n) is 6.31. The van der Waals surface area contributed by atoms with Gasteiger partial charge in [0.15, 0.2) is 0 Å². The smallest absolute Gasteiger partial charge is 0.0831 e. The second kappa shape index (κ2) is 2.89. The third-order valence-electron chi connectivity index (χ3n) is 2.69. The predicted octanol–water partition coefficient (Wildman–Crippen LogP) is 1.47. The van der Waals surface area contributed by atoms with E-state index in [9.17, 15) is 0 Å². The van der Waals surface area contributed by atoms with Gasteiger partial charge in [0, 0.05) is 6.54 Å². The van der Waals surface area contributed by atoms with Gasteiger partial charge in [-0.15, -0.1) is 0 Å². The lowest BCUT2D eigenvalue weighted by molar-refractivity contribution is 0.00162. The molecule has 1 aliphatic heterocycles. The van der Waals surface area contributed by atoms with E-state index in [-0.39, 0.29) is 0 Å². The first-order valence-corrected chi connectivity index (χ1v) is 4.35. The van der Waals surface area contributed by atoms with E-state index >= 15 is 0 Å². The molecule has 1 atom stereocenters. The van der Waals surface area contributed by atoms with Gasteiger partial charge < -0.3 is 0 Å². The van der Waals surface area contributed by atoms with Gasteiger partial charge in [-0.1, -0.05) is 12.8 Å². The topological polar surface area (TPSA) is 21.3 Å². The van der Waals surface area contributed by atoms with Crippen molar-refractivity contribution in [3.8, 4) is 0 Å². The summed E-state index contributed by atoms with van der Waals surface area (Å²) in [7, 11) is 0. The van der Waals surface area contributed by atoms with E-state index < -0.39 is 0 Å². The van der Waals surface area contributed by atoms with Gasteiger partial charge in [-0.2, -0.15) is 0 Å². The Balaban J connectivity index is 1.85. The maximum Gasteiger partial charge on any atom is 0.0831 e. The summed E-state index contributed by atoms with van der Waals surface area (Å²) in [5.74, 6) is 0.870. The molecule has 2 aliphatic rings. The first-order chi connectivity index (χ1) is 4.97. The van der Waals surface area contributed by atoms with Crippen molar-refractivity contribution in [1.82, 2.24) is 5.48 Å². The summed E-state index contributed by atoms with van der Waals surface area (Å²) in [4.78, 5) is 5.39. The maximum absolute atomic E-state index is 5.39. The van der Waals surface area contributed by atoms with E-state index in [2.05, 4.69) is 5.48 Å². The monoisotopic (exact) mass is 141 g/mol. The average molecular weight is 141 g/mol. The lowest BCUT2D eigenvalue weighted by Crippen LogP contribution is -2.18. The van der Waals surface area contributed by atoms with Crippen LogP contribution in [0, 0.1) is 5.92 Å². The van der Waals surface area contributed by atoms with Crippen LogP contribution in [0.3, 0.4) is 0 Å². The van der Waals surface area contributed by atoms with Crippen molar-refractivity contribution in [2.24, 2.45) is 5.92 Å². The van der Waals surface area contributed by atoms with Crippen molar-refractivity contribution in [3.05, 3.63) is 0 Å². The molecule has 2 fully saturated rings. The second-order valence-corrected chi connectivity index (χ2v) is 3.38. The van der Waals surface area contributed by atoms with Crippen LogP contribution in [0.5, 0.6) is 0 Å². The molecule has 0 bridgehead atoms. The molecule has 1 heterocycles. The molecule has 0 aromatic carbocycles. The fourth-order valence-electron chi connectivity index (χ4n) is 2.09. The number of rotatable bonds is 1. The molecular formula is C8H15NO. The average Bonchev–Trinajstić information content (AvgIpc) is 2.59. The summed E-state index contributed by atoms with van der Waals surface area (Å²) in [6.45, 7) is 1.06. The number of nitrogens with one attached hydrogen (secondary N) is 1. The van der Waals surface area contributed by atoms with Crippen molar-refractivity contribution in [2.75, 3.05) is 6.54 Å². The van der Waals surface area contributed by atoms with E-state index in [0.717, 1.165) is 12.5 Å². The molecule has 2 rings (SSSR count). The molecule has 1 aliphatic carbocycles. The first kappa shape index (κ1) is 6.62. The minimum absolute atomic E-state index is 0.544.